The number of nitrogens with one attached hydrogen (secondary N) is 2. The number of nitrogens with zero attached hydrogens (tertiary/aromatic N) is 3. The highest BCUT2D eigenvalue weighted by molar-refractivity contribution is 6.39. The average Bonchev–Trinajstić information content (AvgIpc) is 3.17. The molecule has 0 unspecified atom stereocenters. The SMILES string of the molecule is Cc1ccc(NC(=O)C(=O)NC[C@@H](c2ccc3c(c2)CCN3C)N2CCN(C)CC2)cc1Cl. The molecule has 2 aromatic rings. The van der Waals surface area contributed by atoms with Crippen molar-refractivity contribution in [3.8, 4) is 0 Å². The highest BCUT2D eigenvalue weighted by Crippen LogP contribution is 2.31. The van der Waals surface area contributed by atoms with E-state index in [0.717, 1.165) is 44.7 Å². The normalized spacial score (nSPS) is 17.5. The van der Waals surface area contributed by atoms with E-state index in [9.17, 15) is 9.59 Å². The molecule has 4 rings (SSSR count). The predicted molar refractivity (Wildman–Crippen MR) is 133 cm³/mol. The molecule has 2 aliphatic rings. The number of likely N-dealkylation sites (N-methyl/N-ethyl adjacent to an activating group) is 2. The highest BCUT2D eigenvalue weighted by Gasteiger charge is 2.27. The van der Waals surface area contributed by atoms with Crippen LogP contribution < -0.4 is 15.5 Å². The number of hydrogen-bond donors (Lipinski definition) is 2. The number of carbonyl (C=O) groups excluding carboxylic acids is 2. The van der Waals surface area contributed by atoms with Crippen molar-refractivity contribution in [2.75, 3.05) is 63.6 Å². The van der Waals surface area contributed by atoms with Gasteiger partial charge in [-0.3, -0.25) is 14.5 Å². The largest absolute Gasteiger partial charge is 0.374 e. The molecular formula is C25H32ClN5O2. The van der Waals surface area contributed by atoms with Gasteiger partial charge in [0.15, 0.2) is 0 Å². The zero-order valence-corrected chi connectivity index (χ0v) is 20.3. The highest BCUT2D eigenvalue weighted by atomic mass is 35.5. The Hall–Kier alpha value is -2.61. The molecule has 0 aliphatic carbocycles. The Morgan fingerprint density at radius 2 is 1.76 bits per heavy atom. The van der Waals surface area contributed by atoms with Crippen LogP contribution in [-0.2, 0) is 16.0 Å². The second-order valence-corrected chi connectivity index (χ2v) is 9.45. The molecule has 0 spiro atoms. The Bertz CT molecular complexity index is 1040. The van der Waals surface area contributed by atoms with Gasteiger partial charge in [-0.15, -0.1) is 0 Å². The molecule has 0 aromatic heterocycles. The van der Waals surface area contributed by atoms with Gasteiger partial charge in [-0.1, -0.05) is 29.8 Å². The fraction of sp³-hybridized carbons (Fsp3) is 0.440. The second-order valence-electron chi connectivity index (χ2n) is 9.04. The standard InChI is InChI=1S/C25H32ClN5O2/c1-17-4-6-20(15-21(17)26)28-25(33)24(32)27-16-23(31-12-10-29(2)11-13-31)18-5-7-22-19(14-18)8-9-30(22)3/h4-7,14-15,23H,8-13,16H2,1-3H3,(H,27,32)(H,28,33)/t23-/m0/s1. The van der Waals surface area contributed by atoms with Crippen LogP contribution in [0.15, 0.2) is 36.4 Å². The molecule has 1 atom stereocenters. The van der Waals surface area contributed by atoms with Crippen LogP contribution in [-0.4, -0.2) is 75.0 Å². The van der Waals surface area contributed by atoms with Crippen LogP contribution in [0.3, 0.4) is 0 Å². The van der Waals surface area contributed by atoms with E-state index in [2.05, 4.69) is 57.6 Å². The molecule has 0 saturated carbocycles. The van der Waals surface area contributed by atoms with Gasteiger partial charge in [-0.2, -0.15) is 0 Å². The van der Waals surface area contributed by atoms with Crippen molar-refractivity contribution < 1.29 is 9.59 Å². The number of anilines is 2. The first-order valence-corrected chi connectivity index (χ1v) is 11.8. The number of halogens is 1. The van der Waals surface area contributed by atoms with Crippen LogP contribution >= 0.6 is 11.6 Å². The quantitative estimate of drug-likeness (QED) is 0.659. The minimum absolute atomic E-state index is 0.0143. The van der Waals surface area contributed by atoms with E-state index in [4.69, 9.17) is 11.6 Å². The Morgan fingerprint density at radius 3 is 2.48 bits per heavy atom. The van der Waals surface area contributed by atoms with Crippen LogP contribution in [0.4, 0.5) is 11.4 Å². The molecule has 1 saturated heterocycles. The van der Waals surface area contributed by atoms with Gasteiger partial charge in [0.1, 0.15) is 0 Å². The van der Waals surface area contributed by atoms with Gasteiger partial charge in [0.05, 0.1) is 6.04 Å². The number of aryl methyl sites for hydroxylation is 1. The molecule has 2 N–H and O–H groups in total. The summed E-state index contributed by atoms with van der Waals surface area (Å²) in [6.45, 7) is 7.08. The first-order chi connectivity index (χ1) is 15.8. The van der Waals surface area contributed by atoms with Crippen molar-refractivity contribution in [2.24, 2.45) is 0 Å². The van der Waals surface area contributed by atoms with E-state index >= 15 is 0 Å². The maximum Gasteiger partial charge on any atom is 0.313 e. The number of carbonyl (C=O) groups is 2. The monoisotopic (exact) mass is 469 g/mol. The molecule has 2 aromatic carbocycles. The summed E-state index contributed by atoms with van der Waals surface area (Å²) < 4.78 is 0. The molecule has 8 heteroatoms. The van der Waals surface area contributed by atoms with E-state index in [1.165, 1.54) is 16.8 Å². The Morgan fingerprint density at radius 1 is 1.00 bits per heavy atom. The van der Waals surface area contributed by atoms with Gasteiger partial charge in [-0.05, 0) is 55.3 Å². The van der Waals surface area contributed by atoms with E-state index < -0.39 is 11.8 Å². The van der Waals surface area contributed by atoms with Crippen LogP contribution in [0.5, 0.6) is 0 Å². The molecule has 1 fully saturated rings. The Balaban J connectivity index is 1.45. The van der Waals surface area contributed by atoms with Crippen LogP contribution in [0.1, 0.15) is 22.7 Å². The number of benzene rings is 2. The lowest BCUT2D eigenvalue weighted by molar-refractivity contribution is -0.136. The number of amides is 2. The third-order valence-corrected chi connectivity index (χ3v) is 7.09. The van der Waals surface area contributed by atoms with Crippen molar-refractivity contribution in [3.63, 3.8) is 0 Å². The van der Waals surface area contributed by atoms with Gasteiger partial charge in [0.2, 0.25) is 0 Å². The van der Waals surface area contributed by atoms with Gasteiger partial charge >= 0.3 is 11.8 Å². The predicted octanol–water partition coefficient (Wildman–Crippen LogP) is 2.68. The summed E-state index contributed by atoms with van der Waals surface area (Å²) in [6.07, 6.45) is 1.03. The van der Waals surface area contributed by atoms with Crippen molar-refractivity contribution >= 4 is 34.8 Å². The zero-order valence-electron chi connectivity index (χ0n) is 19.5. The summed E-state index contributed by atoms with van der Waals surface area (Å²) in [5.74, 6) is -1.34. The smallest absolute Gasteiger partial charge is 0.313 e. The van der Waals surface area contributed by atoms with E-state index in [1.54, 1.807) is 12.1 Å². The van der Waals surface area contributed by atoms with Crippen molar-refractivity contribution in [1.29, 1.82) is 0 Å². The van der Waals surface area contributed by atoms with Crippen LogP contribution in [0.2, 0.25) is 5.02 Å². The molecule has 2 aliphatic heterocycles. The van der Waals surface area contributed by atoms with Crippen LogP contribution in [0.25, 0.3) is 0 Å². The summed E-state index contributed by atoms with van der Waals surface area (Å²) in [4.78, 5) is 32.1. The molecule has 2 amide bonds. The second kappa shape index (κ2) is 10.1. The third-order valence-electron chi connectivity index (χ3n) is 6.69. The Labute approximate surface area is 200 Å². The number of hydrogen-bond acceptors (Lipinski definition) is 5. The van der Waals surface area contributed by atoms with Gasteiger partial charge in [0, 0.05) is 62.7 Å². The van der Waals surface area contributed by atoms with Crippen molar-refractivity contribution in [3.05, 3.63) is 58.1 Å². The molecule has 0 radical (unpaired) electrons. The molecular weight excluding hydrogens is 438 g/mol. The fourth-order valence-corrected chi connectivity index (χ4v) is 4.69. The number of piperazine rings is 1. The minimum Gasteiger partial charge on any atom is -0.374 e. The van der Waals surface area contributed by atoms with E-state index in [1.807, 2.05) is 13.0 Å². The lowest BCUT2D eigenvalue weighted by Crippen LogP contribution is -2.49. The first kappa shape index (κ1) is 23.5. The lowest BCUT2D eigenvalue weighted by atomic mass is 10.00. The van der Waals surface area contributed by atoms with E-state index in [-0.39, 0.29) is 6.04 Å². The zero-order chi connectivity index (χ0) is 23.5. The van der Waals surface area contributed by atoms with Gasteiger partial charge < -0.3 is 20.4 Å². The lowest BCUT2D eigenvalue weighted by Gasteiger charge is -2.38. The molecule has 7 nitrogen and oxygen atoms in total. The van der Waals surface area contributed by atoms with Gasteiger partial charge in [-0.25, -0.2) is 0 Å². The minimum atomic E-state index is -0.692. The molecule has 0 bridgehead atoms. The third kappa shape index (κ3) is 5.49. The molecule has 2 heterocycles. The maximum atomic E-state index is 12.6. The fourth-order valence-electron chi connectivity index (χ4n) is 4.51. The summed E-state index contributed by atoms with van der Waals surface area (Å²) in [5.41, 5.74) is 5.21. The van der Waals surface area contributed by atoms with Gasteiger partial charge in [0.25, 0.3) is 0 Å². The summed E-state index contributed by atoms with van der Waals surface area (Å²) in [5, 5.41) is 6.05. The average molecular weight is 470 g/mol. The summed E-state index contributed by atoms with van der Waals surface area (Å²) in [7, 11) is 4.24. The first-order valence-electron chi connectivity index (χ1n) is 11.4. The van der Waals surface area contributed by atoms with Crippen molar-refractivity contribution in [2.45, 2.75) is 19.4 Å². The number of fused-ring (bicyclic) bond motifs is 1. The molecule has 176 valence electrons. The Kier molecular flexibility index (Phi) is 7.22. The topological polar surface area (TPSA) is 67.9 Å². The number of rotatable bonds is 5. The van der Waals surface area contributed by atoms with Crippen molar-refractivity contribution in [1.82, 2.24) is 15.1 Å². The molecule has 33 heavy (non-hydrogen) atoms. The summed E-state index contributed by atoms with van der Waals surface area (Å²) >= 11 is 6.13. The maximum absolute atomic E-state index is 12.6. The van der Waals surface area contributed by atoms with Crippen LogP contribution in [0, 0.1) is 6.92 Å². The van der Waals surface area contributed by atoms with E-state index in [0.29, 0.717) is 17.3 Å². The summed E-state index contributed by atoms with van der Waals surface area (Å²) in [6, 6.07) is 11.8.